The van der Waals surface area contributed by atoms with Crippen LogP contribution in [0.4, 0.5) is 0 Å². The van der Waals surface area contributed by atoms with E-state index in [0.717, 1.165) is 34.2 Å². The lowest BCUT2D eigenvalue weighted by Gasteiger charge is -2.04. The molecule has 1 saturated carbocycles. The van der Waals surface area contributed by atoms with Gasteiger partial charge in [-0.15, -0.1) is 11.3 Å². The molecule has 0 saturated heterocycles. The lowest BCUT2D eigenvalue weighted by atomic mass is 10.2. The molecule has 4 rings (SSSR count). The number of halogens is 1. The molecular formula is C16H14BrN3O3S2. The normalized spacial score (nSPS) is 14.8. The van der Waals surface area contributed by atoms with E-state index in [0.29, 0.717) is 23.2 Å². The average molecular weight is 440 g/mol. The van der Waals surface area contributed by atoms with Crippen LogP contribution in [0.15, 0.2) is 48.9 Å². The van der Waals surface area contributed by atoms with E-state index in [-0.39, 0.29) is 10.8 Å². The predicted molar refractivity (Wildman–Crippen MR) is 97.8 cm³/mol. The van der Waals surface area contributed by atoms with E-state index in [1.807, 2.05) is 24.3 Å². The van der Waals surface area contributed by atoms with Crippen molar-refractivity contribution in [3.63, 3.8) is 0 Å². The van der Waals surface area contributed by atoms with Gasteiger partial charge in [0.1, 0.15) is 4.21 Å². The molecule has 6 nitrogen and oxygen atoms in total. The van der Waals surface area contributed by atoms with Gasteiger partial charge in [0.25, 0.3) is 0 Å². The van der Waals surface area contributed by atoms with E-state index >= 15 is 0 Å². The molecule has 3 aromatic rings. The number of rotatable bonds is 6. The maximum absolute atomic E-state index is 12.5. The van der Waals surface area contributed by atoms with Gasteiger partial charge in [0.2, 0.25) is 21.7 Å². The third-order valence-electron chi connectivity index (χ3n) is 3.85. The van der Waals surface area contributed by atoms with Gasteiger partial charge in [-0.05, 0) is 36.6 Å². The highest BCUT2D eigenvalue weighted by atomic mass is 79.9. The van der Waals surface area contributed by atoms with Gasteiger partial charge in [0.15, 0.2) is 0 Å². The van der Waals surface area contributed by atoms with Crippen molar-refractivity contribution in [1.29, 1.82) is 0 Å². The monoisotopic (exact) mass is 439 g/mol. The van der Waals surface area contributed by atoms with Crippen LogP contribution in [0, 0.1) is 0 Å². The van der Waals surface area contributed by atoms with Gasteiger partial charge < -0.3 is 4.52 Å². The molecule has 0 radical (unpaired) electrons. The summed E-state index contributed by atoms with van der Waals surface area (Å²) in [4.78, 5) is 4.35. The zero-order valence-corrected chi connectivity index (χ0v) is 16.2. The summed E-state index contributed by atoms with van der Waals surface area (Å²) in [7, 11) is -3.58. The van der Waals surface area contributed by atoms with E-state index in [2.05, 4.69) is 30.8 Å². The third-order valence-corrected chi connectivity index (χ3v) is 7.22. The van der Waals surface area contributed by atoms with Crippen molar-refractivity contribution in [3.05, 3.63) is 51.6 Å². The fourth-order valence-corrected chi connectivity index (χ4v) is 4.76. The number of benzene rings is 1. The second kappa shape index (κ2) is 6.64. The molecule has 0 aliphatic heterocycles. The van der Waals surface area contributed by atoms with Crippen molar-refractivity contribution in [1.82, 2.24) is 14.9 Å². The van der Waals surface area contributed by atoms with Crippen LogP contribution >= 0.6 is 27.3 Å². The molecule has 130 valence electrons. The van der Waals surface area contributed by atoms with Crippen LogP contribution in [-0.4, -0.2) is 18.6 Å². The quantitative estimate of drug-likeness (QED) is 0.628. The van der Waals surface area contributed by atoms with Crippen molar-refractivity contribution in [2.24, 2.45) is 0 Å². The Balaban J connectivity index is 1.48. The molecule has 0 bridgehead atoms. The number of nitrogens with one attached hydrogen (secondary N) is 1. The molecule has 0 unspecified atom stereocenters. The van der Waals surface area contributed by atoms with Crippen LogP contribution in [0.2, 0.25) is 0 Å². The molecule has 25 heavy (non-hydrogen) atoms. The largest absolute Gasteiger partial charge is 0.339 e. The summed E-state index contributed by atoms with van der Waals surface area (Å²) in [6.45, 7) is 0.233. The van der Waals surface area contributed by atoms with E-state index in [1.165, 1.54) is 0 Å². The second-order valence-electron chi connectivity index (χ2n) is 5.84. The number of hydrogen-bond donors (Lipinski definition) is 1. The molecule has 1 fully saturated rings. The SMILES string of the molecule is O=S(=O)(NCc1ccc(Br)cc1)c1cc(-c2noc(C3CC3)n2)cs1. The van der Waals surface area contributed by atoms with Crippen LogP contribution < -0.4 is 4.72 Å². The molecule has 0 amide bonds. The van der Waals surface area contributed by atoms with Crippen LogP contribution in [0.1, 0.15) is 30.2 Å². The van der Waals surface area contributed by atoms with Crippen LogP contribution in [0.25, 0.3) is 11.4 Å². The Morgan fingerprint density at radius 2 is 2.04 bits per heavy atom. The highest BCUT2D eigenvalue weighted by Crippen LogP contribution is 2.39. The molecule has 1 aliphatic rings. The average Bonchev–Trinajstić information content (AvgIpc) is 3.12. The highest BCUT2D eigenvalue weighted by molar-refractivity contribution is 9.10. The van der Waals surface area contributed by atoms with E-state index in [1.54, 1.807) is 11.4 Å². The zero-order valence-electron chi connectivity index (χ0n) is 13.0. The minimum absolute atomic E-state index is 0.233. The Hall–Kier alpha value is -1.55. The van der Waals surface area contributed by atoms with E-state index in [4.69, 9.17) is 4.52 Å². The fraction of sp³-hybridized carbons (Fsp3) is 0.250. The molecule has 9 heteroatoms. The lowest BCUT2D eigenvalue weighted by molar-refractivity contribution is 0.380. The summed E-state index contributed by atoms with van der Waals surface area (Å²) in [5.74, 6) is 1.45. The summed E-state index contributed by atoms with van der Waals surface area (Å²) in [5.41, 5.74) is 1.54. The van der Waals surface area contributed by atoms with E-state index < -0.39 is 10.0 Å². The van der Waals surface area contributed by atoms with Gasteiger partial charge in [-0.2, -0.15) is 4.98 Å². The Morgan fingerprint density at radius 1 is 1.28 bits per heavy atom. The van der Waals surface area contributed by atoms with Gasteiger partial charge in [-0.3, -0.25) is 0 Å². The van der Waals surface area contributed by atoms with Gasteiger partial charge in [0, 0.05) is 27.9 Å². The second-order valence-corrected chi connectivity index (χ2v) is 9.66. The van der Waals surface area contributed by atoms with Crippen LogP contribution in [0.3, 0.4) is 0 Å². The molecular weight excluding hydrogens is 426 g/mol. The Morgan fingerprint density at radius 3 is 2.76 bits per heavy atom. The van der Waals surface area contributed by atoms with Crippen molar-refractivity contribution in [3.8, 4) is 11.4 Å². The van der Waals surface area contributed by atoms with Crippen LogP contribution in [-0.2, 0) is 16.6 Å². The van der Waals surface area contributed by atoms with Crippen molar-refractivity contribution < 1.29 is 12.9 Å². The number of nitrogens with zero attached hydrogens (tertiary/aromatic N) is 2. The van der Waals surface area contributed by atoms with Crippen molar-refractivity contribution in [2.75, 3.05) is 0 Å². The first-order chi connectivity index (χ1) is 12.0. The van der Waals surface area contributed by atoms with Crippen LogP contribution in [0.5, 0.6) is 0 Å². The number of sulfonamides is 1. The summed E-state index contributed by atoms with van der Waals surface area (Å²) in [5, 5.41) is 5.68. The van der Waals surface area contributed by atoms with Gasteiger partial charge in [-0.25, -0.2) is 13.1 Å². The van der Waals surface area contributed by atoms with Gasteiger partial charge in [0.05, 0.1) is 0 Å². The Kier molecular flexibility index (Phi) is 4.48. The minimum atomic E-state index is -3.58. The zero-order chi connectivity index (χ0) is 17.4. The molecule has 0 atom stereocenters. The van der Waals surface area contributed by atoms with E-state index in [9.17, 15) is 8.42 Å². The molecule has 1 aliphatic carbocycles. The standard InChI is InChI=1S/C16H14BrN3O3S2/c17-13-5-1-10(2-6-13)8-18-25(21,22)14-7-12(9-24-14)15-19-16(23-20-15)11-3-4-11/h1-2,5-7,9,11,18H,3-4,8H2. The van der Waals surface area contributed by atoms with Crippen molar-refractivity contribution in [2.45, 2.75) is 29.5 Å². The molecule has 2 aromatic heterocycles. The first-order valence-electron chi connectivity index (χ1n) is 7.68. The maximum atomic E-state index is 12.5. The third kappa shape index (κ3) is 3.84. The topological polar surface area (TPSA) is 85.1 Å². The van der Waals surface area contributed by atoms with Crippen molar-refractivity contribution >= 4 is 37.3 Å². The van der Waals surface area contributed by atoms with Gasteiger partial charge in [-0.1, -0.05) is 33.2 Å². The number of thiophene rings is 1. The minimum Gasteiger partial charge on any atom is -0.339 e. The lowest BCUT2D eigenvalue weighted by Crippen LogP contribution is -2.22. The number of aromatic nitrogens is 2. The molecule has 2 heterocycles. The summed E-state index contributed by atoms with van der Waals surface area (Å²) in [6, 6.07) is 9.06. The fourth-order valence-electron chi connectivity index (χ4n) is 2.28. The molecule has 0 spiro atoms. The summed E-state index contributed by atoms with van der Waals surface area (Å²) in [6.07, 6.45) is 2.15. The highest BCUT2D eigenvalue weighted by Gasteiger charge is 2.30. The Labute approximate surface area is 157 Å². The molecule has 1 N–H and O–H groups in total. The first kappa shape index (κ1) is 16.9. The Bertz CT molecular complexity index is 992. The smallest absolute Gasteiger partial charge is 0.250 e. The summed E-state index contributed by atoms with van der Waals surface area (Å²) >= 11 is 4.50. The maximum Gasteiger partial charge on any atom is 0.250 e. The number of hydrogen-bond acceptors (Lipinski definition) is 6. The first-order valence-corrected chi connectivity index (χ1v) is 10.8. The molecule has 1 aromatic carbocycles. The predicted octanol–water partition coefficient (Wildman–Crippen LogP) is 3.92. The summed E-state index contributed by atoms with van der Waals surface area (Å²) < 4.78 is 34.0. The van der Waals surface area contributed by atoms with Gasteiger partial charge >= 0.3 is 0 Å².